The molecule has 2 heterocycles. The molecule has 15 aromatic rings. The van der Waals surface area contributed by atoms with Crippen molar-refractivity contribution in [3.8, 4) is 66.8 Å². The number of hydrogen-bond acceptors (Lipinski definition) is 2. The van der Waals surface area contributed by atoms with Crippen molar-refractivity contribution in [2.45, 2.75) is 0 Å². The molecule has 0 N–H and O–H groups in total. The Morgan fingerprint density at radius 1 is 0.167 bits per heavy atom. The molecule has 0 radical (unpaired) electrons. The van der Waals surface area contributed by atoms with Gasteiger partial charge in [0.05, 0.1) is 0 Å². The second-order valence-corrected chi connectivity index (χ2v) is 21.2. The normalized spacial score (nSPS) is 11.9. The first kappa shape index (κ1) is 41.2. The van der Waals surface area contributed by atoms with Gasteiger partial charge in [0.25, 0.3) is 0 Å². The number of rotatable bonds is 6. The van der Waals surface area contributed by atoms with Crippen LogP contribution in [0.25, 0.3) is 150 Å². The molecule has 0 aliphatic heterocycles. The first-order valence-electron chi connectivity index (χ1n) is 24.7. The molecule has 2 heteroatoms. The van der Waals surface area contributed by atoms with Crippen LogP contribution in [0.1, 0.15) is 0 Å². The molecule has 0 bridgehead atoms. The predicted octanol–water partition coefficient (Wildman–Crippen LogP) is 21.0. The molecule has 334 valence electrons. The van der Waals surface area contributed by atoms with Gasteiger partial charge in [0.2, 0.25) is 0 Å². The highest BCUT2D eigenvalue weighted by atomic mass is 32.1. The molecule has 0 saturated carbocycles. The van der Waals surface area contributed by atoms with E-state index >= 15 is 0 Å². The highest BCUT2D eigenvalue weighted by Gasteiger charge is 2.22. The summed E-state index contributed by atoms with van der Waals surface area (Å²) in [5.74, 6) is 0. The summed E-state index contributed by atoms with van der Waals surface area (Å²) in [5, 5.41) is 15.2. The molecule has 0 atom stereocenters. The van der Waals surface area contributed by atoms with Gasteiger partial charge in [0, 0.05) is 40.3 Å². The standard InChI is InChI=1S/C70H42S2/c1-3-17-43(18-4-1)49-21-7-8-24-54(49)70-58-28-12-11-27-57(58)69(48-34-36-53-51-23-14-16-30-64(51)72-66(53)42-48)62-40-46(32-38-60(62)70)45-31-37-59-61(39-45)68(47-33-35-52-50-22-13-15-29-63(50)71-65(52)41-47)56-26-10-9-25-55(56)67(59)44-19-5-2-6-20-44/h1-42H. The lowest BCUT2D eigenvalue weighted by Crippen LogP contribution is -1.94. The van der Waals surface area contributed by atoms with Crippen LogP contribution in [0, 0.1) is 0 Å². The van der Waals surface area contributed by atoms with Crippen molar-refractivity contribution >= 4 is 106 Å². The van der Waals surface area contributed by atoms with Gasteiger partial charge in [-0.15, -0.1) is 22.7 Å². The minimum atomic E-state index is 1.19. The van der Waals surface area contributed by atoms with E-state index in [9.17, 15) is 0 Å². The molecule has 0 spiro atoms. The first-order valence-corrected chi connectivity index (χ1v) is 26.4. The minimum Gasteiger partial charge on any atom is -0.135 e. The van der Waals surface area contributed by atoms with Crippen LogP contribution >= 0.6 is 22.7 Å². The Hall–Kier alpha value is -8.66. The lowest BCUT2D eigenvalue weighted by molar-refractivity contribution is 1.60. The Bertz CT molecular complexity index is 4670. The van der Waals surface area contributed by atoms with E-state index in [0.29, 0.717) is 0 Å². The zero-order valence-corrected chi connectivity index (χ0v) is 40.7. The minimum absolute atomic E-state index is 1.19. The molecule has 0 saturated heterocycles. The Morgan fingerprint density at radius 2 is 0.500 bits per heavy atom. The van der Waals surface area contributed by atoms with Crippen molar-refractivity contribution in [1.82, 2.24) is 0 Å². The van der Waals surface area contributed by atoms with E-state index < -0.39 is 0 Å². The Balaban J connectivity index is 1.03. The van der Waals surface area contributed by atoms with Crippen LogP contribution in [0.5, 0.6) is 0 Å². The fraction of sp³-hybridized carbons (Fsp3) is 0. The zero-order valence-electron chi connectivity index (χ0n) is 39.1. The van der Waals surface area contributed by atoms with Crippen LogP contribution in [0.15, 0.2) is 255 Å². The number of fused-ring (bicyclic) bond motifs is 10. The predicted molar refractivity (Wildman–Crippen MR) is 315 cm³/mol. The molecule has 0 fully saturated rings. The maximum atomic E-state index is 2.49. The summed E-state index contributed by atoms with van der Waals surface area (Å²) in [6, 6.07) is 95.3. The Morgan fingerprint density at radius 3 is 1.01 bits per heavy atom. The largest absolute Gasteiger partial charge is 0.135 e. The Kier molecular flexibility index (Phi) is 9.41. The lowest BCUT2D eigenvalue weighted by Gasteiger charge is -2.21. The maximum Gasteiger partial charge on any atom is 0.0361 e. The second-order valence-electron chi connectivity index (χ2n) is 19.0. The van der Waals surface area contributed by atoms with E-state index in [0.717, 1.165) is 0 Å². The van der Waals surface area contributed by atoms with Crippen molar-refractivity contribution in [2.24, 2.45) is 0 Å². The number of thiophene rings is 2. The van der Waals surface area contributed by atoms with Gasteiger partial charge in [0.1, 0.15) is 0 Å². The Labute approximate surface area is 425 Å². The fourth-order valence-electron chi connectivity index (χ4n) is 11.9. The summed E-state index contributed by atoms with van der Waals surface area (Å²) in [6.07, 6.45) is 0. The number of benzene rings is 13. The average Bonchev–Trinajstić information content (AvgIpc) is 4.01. The molecule has 0 nitrogen and oxygen atoms in total. The number of hydrogen-bond donors (Lipinski definition) is 0. The molecule has 0 amide bonds. The molecule has 15 rings (SSSR count). The van der Waals surface area contributed by atoms with Crippen LogP contribution in [0.3, 0.4) is 0 Å². The summed E-state index contributed by atoms with van der Waals surface area (Å²) in [6.45, 7) is 0. The SMILES string of the molecule is c1ccc(-c2ccccc2-c2c3ccccc3c(-c3ccc4c(c3)sc3ccccc34)c3cc(-c4ccc5c(-c6ccccc6)c6ccccc6c(-c6ccc7c(c6)sc6ccccc67)c5c4)ccc23)cc1. The topological polar surface area (TPSA) is 0 Å². The van der Waals surface area contributed by atoms with Crippen LogP contribution in [-0.2, 0) is 0 Å². The lowest BCUT2D eigenvalue weighted by atomic mass is 9.82. The van der Waals surface area contributed by atoms with E-state index in [-0.39, 0.29) is 0 Å². The molecule has 13 aromatic carbocycles. The molecule has 0 unspecified atom stereocenters. The van der Waals surface area contributed by atoms with Crippen LogP contribution in [0.2, 0.25) is 0 Å². The van der Waals surface area contributed by atoms with Crippen molar-refractivity contribution in [2.75, 3.05) is 0 Å². The van der Waals surface area contributed by atoms with Crippen molar-refractivity contribution in [3.05, 3.63) is 255 Å². The van der Waals surface area contributed by atoms with E-state index in [4.69, 9.17) is 0 Å². The van der Waals surface area contributed by atoms with Gasteiger partial charge in [-0.1, -0.05) is 218 Å². The van der Waals surface area contributed by atoms with Crippen LogP contribution in [0.4, 0.5) is 0 Å². The molecular weight excluding hydrogens is 905 g/mol. The highest BCUT2D eigenvalue weighted by molar-refractivity contribution is 7.26. The third-order valence-corrected chi connectivity index (χ3v) is 17.3. The van der Waals surface area contributed by atoms with Gasteiger partial charge < -0.3 is 0 Å². The third-order valence-electron chi connectivity index (χ3n) is 15.1. The molecule has 72 heavy (non-hydrogen) atoms. The summed E-state index contributed by atoms with van der Waals surface area (Å²) < 4.78 is 5.25. The van der Waals surface area contributed by atoms with Crippen LogP contribution in [-0.4, -0.2) is 0 Å². The summed E-state index contributed by atoms with van der Waals surface area (Å²) >= 11 is 3.77. The highest BCUT2D eigenvalue weighted by Crippen LogP contribution is 2.50. The average molecular weight is 947 g/mol. The van der Waals surface area contributed by atoms with E-state index in [1.165, 1.54) is 150 Å². The van der Waals surface area contributed by atoms with E-state index in [1.807, 2.05) is 22.7 Å². The molecule has 0 aliphatic carbocycles. The van der Waals surface area contributed by atoms with Gasteiger partial charge in [-0.2, -0.15) is 0 Å². The van der Waals surface area contributed by atoms with Gasteiger partial charge >= 0.3 is 0 Å². The van der Waals surface area contributed by atoms with Crippen molar-refractivity contribution in [1.29, 1.82) is 0 Å². The molecular formula is C70H42S2. The van der Waals surface area contributed by atoms with Crippen LogP contribution < -0.4 is 0 Å². The first-order chi connectivity index (χ1) is 35.7. The smallest absolute Gasteiger partial charge is 0.0361 e. The zero-order chi connectivity index (χ0) is 47.3. The van der Waals surface area contributed by atoms with E-state index in [2.05, 4.69) is 255 Å². The summed E-state index contributed by atoms with van der Waals surface area (Å²) in [4.78, 5) is 0. The van der Waals surface area contributed by atoms with Gasteiger partial charge in [-0.3, -0.25) is 0 Å². The van der Waals surface area contributed by atoms with Gasteiger partial charge in [0.15, 0.2) is 0 Å². The second kappa shape index (κ2) is 16.5. The van der Waals surface area contributed by atoms with Gasteiger partial charge in [-0.25, -0.2) is 0 Å². The maximum absolute atomic E-state index is 2.49. The summed E-state index contributed by atoms with van der Waals surface area (Å²) in [7, 11) is 0. The quantitative estimate of drug-likeness (QED) is 0.146. The third kappa shape index (κ3) is 6.43. The molecule has 0 aliphatic rings. The summed E-state index contributed by atoms with van der Waals surface area (Å²) in [5.41, 5.74) is 14.8. The van der Waals surface area contributed by atoms with Crippen molar-refractivity contribution in [3.63, 3.8) is 0 Å². The van der Waals surface area contributed by atoms with Gasteiger partial charge in [-0.05, 0) is 146 Å². The fourth-order valence-corrected chi connectivity index (χ4v) is 14.2. The monoisotopic (exact) mass is 946 g/mol. The molecule has 2 aromatic heterocycles. The van der Waals surface area contributed by atoms with E-state index in [1.54, 1.807) is 0 Å². The van der Waals surface area contributed by atoms with Crippen molar-refractivity contribution < 1.29 is 0 Å².